The van der Waals surface area contributed by atoms with Gasteiger partial charge in [0.1, 0.15) is 6.29 Å². The van der Waals surface area contributed by atoms with E-state index in [0.29, 0.717) is 11.8 Å². The second-order valence-electron chi connectivity index (χ2n) is 2.70. The lowest BCUT2D eigenvalue weighted by Crippen LogP contribution is -1.94. The van der Waals surface area contributed by atoms with Gasteiger partial charge in [-0.05, 0) is 6.07 Å². The number of nitro groups is 1. The van der Waals surface area contributed by atoms with Crippen LogP contribution in [0.1, 0.15) is 12.0 Å². The minimum Gasteiger partial charge on any atom is -0.398 e. The molecule has 5 nitrogen and oxygen atoms in total. The van der Waals surface area contributed by atoms with Crippen LogP contribution in [0, 0.1) is 22.0 Å². The van der Waals surface area contributed by atoms with Crippen LogP contribution >= 0.6 is 0 Å². The van der Waals surface area contributed by atoms with Gasteiger partial charge in [0.25, 0.3) is 5.69 Å². The Hall–Kier alpha value is -2.35. The number of carbonyl (C=O) groups is 1. The Bertz CT molecular complexity index is 457. The Morgan fingerprint density at radius 3 is 2.80 bits per heavy atom. The molecule has 15 heavy (non-hydrogen) atoms. The molecule has 1 aromatic rings. The summed E-state index contributed by atoms with van der Waals surface area (Å²) in [5, 5.41) is 10.4. The number of nitrogens with zero attached hydrogens (tertiary/aromatic N) is 1. The standard InChI is InChI=1S/C10H8N2O3/c11-10-7-9(12(14)15)5-4-8(10)3-1-2-6-13/h4-7H,2,11H2. The molecule has 0 aliphatic carbocycles. The number of hydrogen-bond donors (Lipinski definition) is 1. The molecule has 2 N–H and O–H groups in total. The number of aldehydes is 1. The molecule has 0 amide bonds. The van der Waals surface area contributed by atoms with E-state index in [1.54, 1.807) is 0 Å². The first kappa shape index (κ1) is 10.7. The molecule has 0 heterocycles. The largest absolute Gasteiger partial charge is 0.398 e. The molecule has 0 aromatic heterocycles. The molecular formula is C10H8N2O3. The van der Waals surface area contributed by atoms with E-state index < -0.39 is 4.92 Å². The summed E-state index contributed by atoms with van der Waals surface area (Å²) in [6.45, 7) is 0. The Balaban J connectivity index is 2.99. The molecule has 0 saturated heterocycles. The van der Waals surface area contributed by atoms with E-state index in [4.69, 9.17) is 5.73 Å². The predicted molar refractivity (Wildman–Crippen MR) is 55.1 cm³/mol. The van der Waals surface area contributed by atoms with Gasteiger partial charge in [-0.1, -0.05) is 11.8 Å². The van der Waals surface area contributed by atoms with Gasteiger partial charge in [-0.3, -0.25) is 10.1 Å². The summed E-state index contributed by atoms with van der Waals surface area (Å²) >= 11 is 0. The van der Waals surface area contributed by atoms with Gasteiger partial charge >= 0.3 is 0 Å². The third kappa shape index (κ3) is 2.81. The minimum absolute atomic E-state index is 0.0755. The molecule has 76 valence electrons. The Morgan fingerprint density at radius 1 is 1.53 bits per heavy atom. The van der Waals surface area contributed by atoms with Crippen LogP contribution in [-0.2, 0) is 4.79 Å². The topological polar surface area (TPSA) is 86.2 Å². The van der Waals surface area contributed by atoms with Crippen molar-refractivity contribution in [3.8, 4) is 11.8 Å². The van der Waals surface area contributed by atoms with Crippen LogP contribution in [0.25, 0.3) is 0 Å². The molecule has 0 radical (unpaired) electrons. The van der Waals surface area contributed by atoms with E-state index in [2.05, 4.69) is 11.8 Å². The number of benzene rings is 1. The van der Waals surface area contributed by atoms with Gasteiger partial charge in [0.2, 0.25) is 0 Å². The molecule has 5 heteroatoms. The van der Waals surface area contributed by atoms with Crippen molar-refractivity contribution in [3.05, 3.63) is 33.9 Å². The quantitative estimate of drug-likeness (QED) is 0.257. The summed E-state index contributed by atoms with van der Waals surface area (Å²) in [6, 6.07) is 4.03. The van der Waals surface area contributed by atoms with Gasteiger partial charge in [0.15, 0.2) is 0 Å². The van der Waals surface area contributed by atoms with Gasteiger partial charge in [-0.25, -0.2) is 0 Å². The zero-order valence-electron chi connectivity index (χ0n) is 7.77. The van der Waals surface area contributed by atoms with E-state index in [-0.39, 0.29) is 17.8 Å². The normalized spacial score (nSPS) is 8.80. The van der Waals surface area contributed by atoms with Gasteiger partial charge in [0, 0.05) is 17.7 Å². The highest BCUT2D eigenvalue weighted by molar-refractivity contribution is 5.62. The van der Waals surface area contributed by atoms with Crippen LogP contribution in [-0.4, -0.2) is 11.2 Å². The Labute approximate surface area is 86.0 Å². The smallest absolute Gasteiger partial charge is 0.271 e. The van der Waals surface area contributed by atoms with E-state index in [1.165, 1.54) is 18.2 Å². The summed E-state index contributed by atoms with van der Waals surface area (Å²) in [4.78, 5) is 19.9. The molecule has 1 rings (SSSR count). The number of nitrogen functional groups attached to an aromatic ring is 1. The molecule has 0 bridgehead atoms. The summed E-state index contributed by atoms with van der Waals surface area (Å²) < 4.78 is 0. The van der Waals surface area contributed by atoms with E-state index in [1.807, 2.05) is 0 Å². The van der Waals surface area contributed by atoms with Crippen molar-refractivity contribution in [2.75, 3.05) is 5.73 Å². The molecule has 0 unspecified atom stereocenters. The van der Waals surface area contributed by atoms with Crippen molar-refractivity contribution in [1.29, 1.82) is 0 Å². The summed E-state index contributed by atoms with van der Waals surface area (Å²) in [5.74, 6) is 5.22. The average Bonchev–Trinajstić information content (AvgIpc) is 2.20. The molecule has 0 fully saturated rings. The van der Waals surface area contributed by atoms with Crippen LogP contribution in [0.15, 0.2) is 18.2 Å². The minimum atomic E-state index is -0.529. The first-order chi connectivity index (χ1) is 7.15. The van der Waals surface area contributed by atoms with Crippen LogP contribution in [0.4, 0.5) is 11.4 Å². The average molecular weight is 204 g/mol. The van der Waals surface area contributed by atoms with Crippen LogP contribution < -0.4 is 5.73 Å². The number of rotatable bonds is 2. The zero-order chi connectivity index (χ0) is 11.3. The second kappa shape index (κ2) is 4.77. The first-order valence-corrected chi connectivity index (χ1v) is 4.11. The Kier molecular flexibility index (Phi) is 3.41. The molecule has 0 aliphatic rings. The Morgan fingerprint density at radius 2 is 2.27 bits per heavy atom. The van der Waals surface area contributed by atoms with Crippen LogP contribution in [0.2, 0.25) is 0 Å². The van der Waals surface area contributed by atoms with Crippen molar-refractivity contribution >= 4 is 17.7 Å². The molecule has 1 aromatic carbocycles. The SMILES string of the molecule is Nc1cc([N+](=O)[O-])ccc1C#CCC=O. The molecular weight excluding hydrogens is 196 g/mol. The van der Waals surface area contributed by atoms with Gasteiger partial charge in [-0.2, -0.15) is 0 Å². The highest BCUT2D eigenvalue weighted by atomic mass is 16.6. The molecule has 0 atom stereocenters. The van der Waals surface area contributed by atoms with Gasteiger partial charge < -0.3 is 10.5 Å². The van der Waals surface area contributed by atoms with Crippen LogP contribution in [0.5, 0.6) is 0 Å². The lowest BCUT2D eigenvalue weighted by molar-refractivity contribution is -0.384. The zero-order valence-corrected chi connectivity index (χ0v) is 7.77. The summed E-state index contributed by atoms with van der Waals surface area (Å²) in [6.07, 6.45) is 0.797. The number of nitro benzene ring substituents is 1. The highest BCUT2D eigenvalue weighted by Gasteiger charge is 2.06. The molecule has 0 spiro atoms. The third-order valence-corrected chi connectivity index (χ3v) is 1.65. The fourth-order valence-electron chi connectivity index (χ4n) is 0.965. The maximum Gasteiger partial charge on any atom is 0.271 e. The second-order valence-corrected chi connectivity index (χ2v) is 2.70. The summed E-state index contributed by atoms with van der Waals surface area (Å²) in [7, 11) is 0. The third-order valence-electron chi connectivity index (χ3n) is 1.65. The first-order valence-electron chi connectivity index (χ1n) is 4.11. The monoisotopic (exact) mass is 204 g/mol. The number of non-ortho nitro benzene ring substituents is 1. The van der Waals surface area contributed by atoms with Gasteiger partial charge in [-0.15, -0.1) is 0 Å². The van der Waals surface area contributed by atoms with E-state index in [9.17, 15) is 14.9 Å². The number of carbonyl (C=O) groups excluding carboxylic acids is 1. The number of nitrogens with two attached hydrogens (primary N) is 1. The van der Waals surface area contributed by atoms with E-state index in [0.717, 1.165) is 0 Å². The van der Waals surface area contributed by atoms with Crippen molar-refractivity contribution in [2.45, 2.75) is 6.42 Å². The lowest BCUT2D eigenvalue weighted by atomic mass is 10.1. The number of hydrogen-bond acceptors (Lipinski definition) is 4. The van der Waals surface area contributed by atoms with Crippen molar-refractivity contribution < 1.29 is 9.72 Å². The maximum absolute atomic E-state index is 10.4. The molecule has 0 aliphatic heterocycles. The van der Waals surface area contributed by atoms with Crippen molar-refractivity contribution in [3.63, 3.8) is 0 Å². The van der Waals surface area contributed by atoms with Gasteiger partial charge in [0.05, 0.1) is 17.0 Å². The van der Waals surface area contributed by atoms with Crippen LogP contribution in [0.3, 0.4) is 0 Å². The van der Waals surface area contributed by atoms with Crippen molar-refractivity contribution in [1.82, 2.24) is 0 Å². The van der Waals surface area contributed by atoms with Crippen molar-refractivity contribution in [2.24, 2.45) is 0 Å². The highest BCUT2D eigenvalue weighted by Crippen LogP contribution is 2.18. The molecule has 0 saturated carbocycles. The fraction of sp³-hybridized carbons (Fsp3) is 0.100. The number of anilines is 1. The van der Waals surface area contributed by atoms with E-state index >= 15 is 0 Å². The maximum atomic E-state index is 10.4. The lowest BCUT2D eigenvalue weighted by Gasteiger charge is -1.97. The predicted octanol–water partition coefficient (Wildman–Crippen LogP) is 1.12. The summed E-state index contributed by atoms with van der Waals surface area (Å²) in [5.41, 5.74) is 6.20. The fourth-order valence-corrected chi connectivity index (χ4v) is 0.965.